The fraction of sp³-hybridized carbons (Fsp3) is 0.562. The SMILES string of the molecule is Cc1cc(C#N)cc(C)c1C1(O)CC2CCC(C1)S2=O. The van der Waals surface area contributed by atoms with E-state index in [1.165, 1.54) is 0 Å². The van der Waals surface area contributed by atoms with Crippen molar-refractivity contribution in [1.29, 1.82) is 5.26 Å². The average molecular weight is 289 g/mol. The first kappa shape index (κ1) is 13.8. The van der Waals surface area contributed by atoms with Gasteiger partial charge in [-0.1, -0.05) is 0 Å². The standard InChI is InChI=1S/C16H19NO2S/c1-10-5-12(9-17)6-11(2)15(10)16(18)7-13-3-4-14(8-16)20(13)19/h5-6,13-14,18H,3-4,7-8H2,1-2H3. The van der Waals surface area contributed by atoms with E-state index in [0.29, 0.717) is 18.4 Å². The molecule has 2 heterocycles. The molecule has 0 radical (unpaired) electrons. The molecule has 2 saturated heterocycles. The van der Waals surface area contributed by atoms with Gasteiger partial charge >= 0.3 is 0 Å². The zero-order chi connectivity index (χ0) is 14.5. The highest BCUT2D eigenvalue weighted by molar-refractivity contribution is 7.86. The van der Waals surface area contributed by atoms with Crippen LogP contribution >= 0.6 is 0 Å². The molecular weight excluding hydrogens is 270 g/mol. The zero-order valence-electron chi connectivity index (χ0n) is 11.8. The Hall–Kier alpha value is -1.18. The predicted octanol–water partition coefficient (Wildman–Crippen LogP) is 2.44. The summed E-state index contributed by atoms with van der Waals surface area (Å²) in [6.07, 6.45) is 3.11. The summed E-state index contributed by atoms with van der Waals surface area (Å²) in [4.78, 5) is 0. The second-order valence-corrected chi connectivity index (χ2v) is 8.18. The first-order valence-electron chi connectivity index (χ1n) is 7.08. The van der Waals surface area contributed by atoms with Crippen molar-refractivity contribution in [1.82, 2.24) is 0 Å². The van der Waals surface area contributed by atoms with E-state index >= 15 is 0 Å². The molecule has 2 bridgehead atoms. The molecule has 3 rings (SSSR count). The summed E-state index contributed by atoms with van der Waals surface area (Å²) in [5.41, 5.74) is 2.65. The number of nitriles is 1. The van der Waals surface area contributed by atoms with E-state index in [-0.39, 0.29) is 10.5 Å². The van der Waals surface area contributed by atoms with Crippen molar-refractivity contribution >= 4 is 10.8 Å². The van der Waals surface area contributed by atoms with Crippen LogP contribution in [-0.2, 0) is 16.4 Å². The molecule has 2 atom stereocenters. The van der Waals surface area contributed by atoms with E-state index in [1.807, 2.05) is 26.0 Å². The van der Waals surface area contributed by atoms with E-state index in [4.69, 9.17) is 5.26 Å². The Balaban J connectivity index is 2.05. The molecule has 4 heteroatoms. The average Bonchev–Trinajstić information content (AvgIpc) is 2.61. The Morgan fingerprint density at radius 1 is 1.25 bits per heavy atom. The highest BCUT2D eigenvalue weighted by Gasteiger charge is 2.49. The van der Waals surface area contributed by atoms with E-state index < -0.39 is 16.4 Å². The van der Waals surface area contributed by atoms with E-state index in [9.17, 15) is 9.32 Å². The number of rotatable bonds is 1. The molecule has 2 fully saturated rings. The second kappa shape index (κ2) is 4.68. The van der Waals surface area contributed by atoms with Gasteiger partial charge in [-0.15, -0.1) is 0 Å². The van der Waals surface area contributed by atoms with Crippen LogP contribution in [0.15, 0.2) is 12.1 Å². The van der Waals surface area contributed by atoms with Gasteiger partial charge in [-0.2, -0.15) is 5.26 Å². The molecule has 20 heavy (non-hydrogen) atoms. The predicted molar refractivity (Wildman–Crippen MR) is 78.7 cm³/mol. The van der Waals surface area contributed by atoms with E-state index in [0.717, 1.165) is 29.5 Å². The van der Waals surface area contributed by atoms with Crippen molar-refractivity contribution in [3.8, 4) is 6.07 Å². The molecule has 0 spiro atoms. The summed E-state index contributed by atoms with van der Waals surface area (Å²) < 4.78 is 12.1. The molecule has 0 amide bonds. The van der Waals surface area contributed by atoms with Crippen LogP contribution in [0.3, 0.4) is 0 Å². The van der Waals surface area contributed by atoms with E-state index in [1.54, 1.807) is 0 Å². The largest absolute Gasteiger partial charge is 0.385 e. The van der Waals surface area contributed by atoms with Crippen LogP contribution in [0.2, 0.25) is 0 Å². The summed E-state index contributed by atoms with van der Waals surface area (Å²) in [5.74, 6) is 0. The number of nitrogens with zero attached hydrogens (tertiary/aromatic N) is 1. The minimum absolute atomic E-state index is 0.133. The third-order valence-corrected chi connectivity index (χ3v) is 6.84. The van der Waals surface area contributed by atoms with Crippen LogP contribution in [-0.4, -0.2) is 19.8 Å². The Morgan fingerprint density at radius 3 is 2.20 bits per heavy atom. The lowest BCUT2D eigenvalue weighted by atomic mass is 9.80. The number of hydrogen-bond acceptors (Lipinski definition) is 3. The molecule has 3 nitrogen and oxygen atoms in total. The Kier molecular flexibility index (Phi) is 3.23. The summed E-state index contributed by atoms with van der Waals surface area (Å²) in [6, 6.07) is 5.84. The molecule has 1 aromatic carbocycles. The minimum Gasteiger partial charge on any atom is -0.385 e. The van der Waals surface area contributed by atoms with Gasteiger partial charge in [0.15, 0.2) is 0 Å². The quantitative estimate of drug-likeness (QED) is 0.863. The van der Waals surface area contributed by atoms with Crippen LogP contribution < -0.4 is 0 Å². The molecule has 2 unspecified atom stereocenters. The van der Waals surface area contributed by atoms with Crippen molar-refractivity contribution in [3.05, 3.63) is 34.4 Å². The fourth-order valence-corrected chi connectivity index (χ4v) is 6.21. The molecule has 1 N–H and O–H groups in total. The first-order valence-corrected chi connectivity index (χ1v) is 8.36. The summed E-state index contributed by atoms with van der Waals surface area (Å²) >= 11 is 0. The normalized spacial score (nSPS) is 35.8. The topological polar surface area (TPSA) is 61.1 Å². The van der Waals surface area contributed by atoms with Crippen molar-refractivity contribution in [2.24, 2.45) is 0 Å². The number of benzene rings is 1. The van der Waals surface area contributed by atoms with Crippen LogP contribution in [0.5, 0.6) is 0 Å². The molecular formula is C16H19NO2S. The van der Waals surface area contributed by atoms with Gasteiger partial charge in [-0.3, -0.25) is 4.21 Å². The number of hydrogen-bond donors (Lipinski definition) is 1. The van der Waals surface area contributed by atoms with Gasteiger partial charge in [-0.25, -0.2) is 0 Å². The lowest BCUT2D eigenvalue weighted by Gasteiger charge is -2.38. The summed E-state index contributed by atoms with van der Waals surface area (Å²) in [6.45, 7) is 3.91. The first-order chi connectivity index (χ1) is 9.44. The van der Waals surface area contributed by atoms with Gasteiger partial charge in [0, 0.05) is 21.3 Å². The maximum atomic E-state index is 12.1. The van der Waals surface area contributed by atoms with Crippen LogP contribution in [0.4, 0.5) is 0 Å². The Bertz CT molecular complexity index is 593. The van der Waals surface area contributed by atoms with Gasteiger partial charge in [0.05, 0.1) is 17.2 Å². The third-order valence-electron chi connectivity index (χ3n) is 4.73. The monoisotopic (exact) mass is 289 g/mol. The molecule has 2 aliphatic heterocycles. The highest BCUT2D eigenvalue weighted by atomic mass is 32.2. The van der Waals surface area contributed by atoms with Crippen molar-refractivity contribution in [2.45, 2.75) is 55.6 Å². The van der Waals surface area contributed by atoms with Gasteiger partial charge in [0.25, 0.3) is 0 Å². The number of aliphatic hydroxyl groups is 1. The molecule has 106 valence electrons. The van der Waals surface area contributed by atoms with Crippen LogP contribution in [0.1, 0.15) is 47.9 Å². The molecule has 0 saturated carbocycles. The Labute approximate surface area is 122 Å². The number of aryl methyl sites for hydroxylation is 2. The second-order valence-electron chi connectivity index (χ2n) is 6.19. The van der Waals surface area contributed by atoms with Gasteiger partial charge in [0.2, 0.25) is 0 Å². The van der Waals surface area contributed by atoms with Crippen molar-refractivity contribution < 1.29 is 9.32 Å². The zero-order valence-corrected chi connectivity index (χ0v) is 12.7. The number of fused-ring (bicyclic) bond motifs is 2. The van der Waals surface area contributed by atoms with Gasteiger partial charge in [-0.05, 0) is 68.4 Å². The molecule has 1 aromatic rings. The summed E-state index contributed by atoms with van der Waals surface area (Å²) in [5, 5.41) is 20.4. The minimum atomic E-state index is -0.873. The maximum absolute atomic E-state index is 12.1. The highest BCUT2D eigenvalue weighted by Crippen LogP contribution is 2.47. The van der Waals surface area contributed by atoms with Crippen LogP contribution in [0, 0.1) is 25.2 Å². The molecule has 0 aliphatic carbocycles. The van der Waals surface area contributed by atoms with Gasteiger partial charge < -0.3 is 5.11 Å². The summed E-state index contributed by atoms with van der Waals surface area (Å²) in [7, 11) is -0.771. The van der Waals surface area contributed by atoms with Crippen LogP contribution in [0.25, 0.3) is 0 Å². The lowest BCUT2D eigenvalue weighted by molar-refractivity contribution is 0.0173. The molecule has 0 aromatic heterocycles. The molecule has 2 aliphatic rings. The van der Waals surface area contributed by atoms with Crippen molar-refractivity contribution in [2.75, 3.05) is 0 Å². The van der Waals surface area contributed by atoms with Crippen molar-refractivity contribution in [3.63, 3.8) is 0 Å². The lowest BCUT2D eigenvalue weighted by Crippen LogP contribution is -2.41. The van der Waals surface area contributed by atoms with Gasteiger partial charge in [0.1, 0.15) is 0 Å². The third kappa shape index (κ3) is 2.01. The van der Waals surface area contributed by atoms with E-state index in [2.05, 4.69) is 6.07 Å². The smallest absolute Gasteiger partial charge is 0.0991 e. The fourth-order valence-electron chi connectivity index (χ4n) is 4.05. The Morgan fingerprint density at radius 2 is 1.75 bits per heavy atom. The maximum Gasteiger partial charge on any atom is 0.0991 e.